The quantitative estimate of drug-likeness (QED) is 0.862. The minimum absolute atomic E-state index is 0.234. The lowest BCUT2D eigenvalue weighted by Crippen LogP contribution is -2.38. The van der Waals surface area contributed by atoms with Crippen molar-refractivity contribution in [3.8, 4) is 0 Å². The molecule has 1 heterocycles. The number of benzene rings is 1. The Labute approximate surface area is 108 Å². The Morgan fingerprint density at radius 2 is 2.17 bits per heavy atom. The second-order valence-electron chi connectivity index (χ2n) is 5.51. The van der Waals surface area contributed by atoms with E-state index in [2.05, 4.69) is 5.32 Å². The van der Waals surface area contributed by atoms with E-state index in [-0.39, 0.29) is 11.9 Å². The number of nitrogens with one attached hydrogen (secondary N) is 1. The molecular weight excluding hydrogens is 232 g/mol. The van der Waals surface area contributed by atoms with Gasteiger partial charge in [0.15, 0.2) is 0 Å². The van der Waals surface area contributed by atoms with Gasteiger partial charge in [0, 0.05) is 12.5 Å². The van der Waals surface area contributed by atoms with Crippen LogP contribution in [0.4, 0.5) is 8.78 Å². The molecule has 1 fully saturated rings. The molecule has 0 spiro atoms. The number of hydrogen-bond acceptors (Lipinski definition) is 1. The largest absolute Gasteiger partial charge is 0.314 e. The molecule has 1 nitrogen and oxygen atoms in total. The van der Waals surface area contributed by atoms with Crippen LogP contribution in [-0.4, -0.2) is 12.6 Å². The molecule has 0 aliphatic carbocycles. The van der Waals surface area contributed by atoms with Gasteiger partial charge in [-0.2, -0.15) is 0 Å². The Morgan fingerprint density at radius 3 is 2.78 bits per heavy atom. The van der Waals surface area contributed by atoms with Crippen molar-refractivity contribution in [3.05, 3.63) is 35.1 Å². The van der Waals surface area contributed by atoms with Gasteiger partial charge in [-0.1, -0.05) is 12.5 Å². The van der Waals surface area contributed by atoms with Crippen LogP contribution in [0.2, 0.25) is 0 Å². The van der Waals surface area contributed by atoms with Gasteiger partial charge in [-0.15, -0.1) is 0 Å². The monoisotopic (exact) mass is 253 g/mol. The summed E-state index contributed by atoms with van der Waals surface area (Å²) in [5, 5.41) is 3.36. The van der Waals surface area contributed by atoms with Crippen LogP contribution in [-0.2, 0) is 5.67 Å². The van der Waals surface area contributed by atoms with E-state index in [4.69, 9.17) is 0 Å². The zero-order valence-electron chi connectivity index (χ0n) is 11.1. The highest BCUT2D eigenvalue weighted by Gasteiger charge is 2.31. The number of hydrogen-bond donors (Lipinski definition) is 1. The van der Waals surface area contributed by atoms with Gasteiger partial charge in [0.2, 0.25) is 0 Å². The van der Waals surface area contributed by atoms with Crippen molar-refractivity contribution in [1.29, 1.82) is 0 Å². The van der Waals surface area contributed by atoms with Gasteiger partial charge in [0.05, 0.1) is 0 Å². The van der Waals surface area contributed by atoms with Crippen LogP contribution < -0.4 is 5.32 Å². The SMILES string of the molecule is Cc1cc(F)ccc1C(C)(F)CC1CCCCN1. The topological polar surface area (TPSA) is 12.0 Å². The van der Waals surface area contributed by atoms with Gasteiger partial charge in [0.1, 0.15) is 11.5 Å². The highest BCUT2D eigenvalue weighted by Crippen LogP contribution is 2.34. The van der Waals surface area contributed by atoms with E-state index in [1.165, 1.54) is 18.6 Å². The first-order valence-corrected chi connectivity index (χ1v) is 6.68. The second kappa shape index (κ2) is 5.35. The van der Waals surface area contributed by atoms with Crippen LogP contribution in [0.5, 0.6) is 0 Å². The molecule has 0 radical (unpaired) electrons. The molecule has 1 aliphatic heterocycles. The maximum absolute atomic E-state index is 14.8. The Morgan fingerprint density at radius 1 is 1.39 bits per heavy atom. The van der Waals surface area contributed by atoms with Gasteiger partial charge in [-0.3, -0.25) is 0 Å². The van der Waals surface area contributed by atoms with E-state index < -0.39 is 5.67 Å². The van der Waals surface area contributed by atoms with Crippen molar-refractivity contribution in [2.75, 3.05) is 6.54 Å². The third-order valence-corrected chi connectivity index (χ3v) is 3.79. The van der Waals surface area contributed by atoms with E-state index in [0.29, 0.717) is 17.5 Å². The van der Waals surface area contributed by atoms with Gasteiger partial charge in [-0.25, -0.2) is 8.78 Å². The Balaban J connectivity index is 2.13. The zero-order valence-corrected chi connectivity index (χ0v) is 11.1. The molecule has 3 heteroatoms. The van der Waals surface area contributed by atoms with Crippen LogP contribution in [0, 0.1) is 12.7 Å². The van der Waals surface area contributed by atoms with E-state index in [0.717, 1.165) is 19.4 Å². The molecule has 2 atom stereocenters. The molecule has 18 heavy (non-hydrogen) atoms. The van der Waals surface area contributed by atoms with E-state index >= 15 is 0 Å². The Kier molecular flexibility index (Phi) is 4.00. The predicted octanol–water partition coefficient (Wildman–Crippen LogP) is 3.85. The maximum atomic E-state index is 14.8. The van der Waals surface area contributed by atoms with Crippen LogP contribution in [0.3, 0.4) is 0 Å². The molecule has 1 saturated heterocycles. The van der Waals surface area contributed by atoms with Crippen molar-refractivity contribution in [2.45, 2.75) is 51.2 Å². The highest BCUT2D eigenvalue weighted by molar-refractivity contribution is 5.31. The smallest absolute Gasteiger partial charge is 0.135 e. The van der Waals surface area contributed by atoms with E-state index in [1.807, 2.05) is 0 Å². The lowest BCUT2D eigenvalue weighted by atomic mass is 9.85. The van der Waals surface area contributed by atoms with Crippen molar-refractivity contribution in [3.63, 3.8) is 0 Å². The van der Waals surface area contributed by atoms with Crippen molar-refractivity contribution in [1.82, 2.24) is 5.32 Å². The molecule has 1 aliphatic rings. The summed E-state index contributed by atoms with van der Waals surface area (Å²) >= 11 is 0. The lowest BCUT2D eigenvalue weighted by Gasteiger charge is -2.31. The average Bonchev–Trinajstić information content (AvgIpc) is 2.29. The molecule has 0 bridgehead atoms. The van der Waals surface area contributed by atoms with Gasteiger partial charge in [-0.05, 0) is 56.5 Å². The summed E-state index contributed by atoms with van der Waals surface area (Å²) < 4.78 is 27.9. The molecule has 1 N–H and O–H groups in total. The summed E-state index contributed by atoms with van der Waals surface area (Å²) in [5.41, 5.74) is -0.0978. The minimum Gasteiger partial charge on any atom is -0.314 e. The second-order valence-corrected chi connectivity index (χ2v) is 5.51. The molecular formula is C15H21F2N. The van der Waals surface area contributed by atoms with Crippen molar-refractivity contribution < 1.29 is 8.78 Å². The molecule has 1 aromatic rings. The Bertz CT molecular complexity index is 409. The molecule has 0 saturated carbocycles. The van der Waals surface area contributed by atoms with Gasteiger partial charge in [0.25, 0.3) is 0 Å². The summed E-state index contributed by atoms with van der Waals surface area (Å²) in [6.07, 6.45) is 3.82. The van der Waals surface area contributed by atoms with Crippen LogP contribution in [0.25, 0.3) is 0 Å². The van der Waals surface area contributed by atoms with Gasteiger partial charge < -0.3 is 5.32 Å². The number of piperidine rings is 1. The lowest BCUT2D eigenvalue weighted by molar-refractivity contribution is 0.145. The first kappa shape index (κ1) is 13.5. The first-order chi connectivity index (χ1) is 8.49. The fourth-order valence-corrected chi connectivity index (χ4v) is 2.88. The summed E-state index contributed by atoms with van der Waals surface area (Å²) in [6.45, 7) is 4.34. The Hall–Kier alpha value is -0.960. The third kappa shape index (κ3) is 3.08. The minimum atomic E-state index is -1.40. The van der Waals surface area contributed by atoms with Crippen LogP contribution >= 0.6 is 0 Å². The van der Waals surface area contributed by atoms with Crippen molar-refractivity contribution >= 4 is 0 Å². The number of aryl methyl sites for hydroxylation is 1. The van der Waals surface area contributed by atoms with E-state index in [1.54, 1.807) is 19.9 Å². The molecule has 2 rings (SSSR count). The summed E-state index contributed by atoms with van der Waals surface area (Å²) in [6, 6.07) is 4.56. The molecule has 2 unspecified atom stereocenters. The van der Waals surface area contributed by atoms with Gasteiger partial charge >= 0.3 is 0 Å². The predicted molar refractivity (Wildman–Crippen MR) is 69.9 cm³/mol. The van der Waals surface area contributed by atoms with Crippen LogP contribution in [0.15, 0.2) is 18.2 Å². The van der Waals surface area contributed by atoms with E-state index in [9.17, 15) is 8.78 Å². The average molecular weight is 253 g/mol. The summed E-state index contributed by atoms with van der Waals surface area (Å²) in [5.74, 6) is -0.303. The maximum Gasteiger partial charge on any atom is 0.135 e. The fourth-order valence-electron chi connectivity index (χ4n) is 2.88. The number of rotatable bonds is 3. The zero-order chi connectivity index (χ0) is 13.2. The summed E-state index contributed by atoms with van der Waals surface area (Å²) in [7, 11) is 0. The van der Waals surface area contributed by atoms with Crippen LogP contribution in [0.1, 0.15) is 43.7 Å². The summed E-state index contributed by atoms with van der Waals surface area (Å²) in [4.78, 5) is 0. The molecule has 0 amide bonds. The normalized spacial score (nSPS) is 23.7. The molecule has 1 aromatic carbocycles. The first-order valence-electron chi connectivity index (χ1n) is 6.68. The highest BCUT2D eigenvalue weighted by atomic mass is 19.1. The standard InChI is InChI=1S/C15H21F2N/c1-11-9-12(16)6-7-14(11)15(2,17)10-13-5-3-4-8-18-13/h6-7,9,13,18H,3-5,8,10H2,1-2H3. The third-order valence-electron chi connectivity index (χ3n) is 3.79. The number of halogens is 2. The molecule has 100 valence electrons. The fraction of sp³-hybridized carbons (Fsp3) is 0.600. The number of alkyl halides is 1. The van der Waals surface area contributed by atoms with Crippen molar-refractivity contribution in [2.24, 2.45) is 0 Å². The molecule has 0 aromatic heterocycles.